The Morgan fingerprint density at radius 3 is 2.83 bits per heavy atom. The van der Waals surface area contributed by atoms with Gasteiger partial charge in [0.2, 0.25) is 0 Å². The van der Waals surface area contributed by atoms with E-state index in [9.17, 15) is 20.0 Å². The largest absolute Gasteiger partial charge is 0.467 e. The molecular formula is C22H24N2O5. The number of carbonyl (C=O) groups excluding carboxylic acids is 1. The van der Waals surface area contributed by atoms with Crippen molar-refractivity contribution in [1.29, 1.82) is 5.26 Å². The quantitative estimate of drug-likeness (QED) is 0.570. The topological polar surface area (TPSA) is 113 Å². The molecular weight excluding hydrogens is 372 g/mol. The van der Waals surface area contributed by atoms with Crippen molar-refractivity contribution in [2.75, 3.05) is 13.7 Å². The van der Waals surface area contributed by atoms with Crippen molar-refractivity contribution in [2.24, 2.45) is 0 Å². The Hall–Kier alpha value is -3.11. The van der Waals surface area contributed by atoms with Gasteiger partial charge in [0.25, 0.3) is 0 Å². The summed E-state index contributed by atoms with van der Waals surface area (Å²) in [5.74, 6) is -0.991. The summed E-state index contributed by atoms with van der Waals surface area (Å²) in [5.41, 5.74) is -1.36. The van der Waals surface area contributed by atoms with Gasteiger partial charge in [-0.3, -0.25) is 4.79 Å². The number of hydrogen-bond donors (Lipinski definition) is 2. The minimum atomic E-state index is -2.29. The van der Waals surface area contributed by atoms with E-state index in [4.69, 9.17) is 9.15 Å². The van der Waals surface area contributed by atoms with Crippen LogP contribution < -0.4 is 10.7 Å². The summed E-state index contributed by atoms with van der Waals surface area (Å²) in [5, 5.41) is 24.3. The standard InChI is InChI=1S/C22H24N2O5/c1-4-5-6-9-24-18-14(12-23)11-22(27,21(26)28-3)17-19(25)15-10-13(2)7-8-16(15)29-20(17)18/h7-8,10,24,27H,4-6,9,11H2,1-3H3. The van der Waals surface area contributed by atoms with Crippen LogP contribution in [-0.2, 0) is 15.1 Å². The Morgan fingerprint density at radius 1 is 1.41 bits per heavy atom. The molecule has 3 rings (SSSR count). The number of nitrogens with one attached hydrogen (secondary N) is 1. The summed E-state index contributed by atoms with van der Waals surface area (Å²) in [6.07, 6.45) is 2.54. The van der Waals surface area contributed by atoms with Crippen molar-refractivity contribution in [2.45, 2.75) is 45.1 Å². The second-order valence-corrected chi connectivity index (χ2v) is 7.26. The molecule has 0 saturated carbocycles. The van der Waals surface area contributed by atoms with Crippen LogP contribution in [0.3, 0.4) is 0 Å². The van der Waals surface area contributed by atoms with E-state index in [2.05, 4.69) is 12.2 Å². The molecule has 0 saturated heterocycles. The van der Waals surface area contributed by atoms with Gasteiger partial charge >= 0.3 is 5.97 Å². The van der Waals surface area contributed by atoms with Gasteiger partial charge in [0, 0.05) is 13.0 Å². The van der Waals surface area contributed by atoms with Crippen molar-refractivity contribution >= 4 is 22.6 Å². The smallest absolute Gasteiger partial charge is 0.343 e. The Bertz CT molecular complexity index is 1090. The fourth-order valence-corrected chi connectivity index (χ4v) is 3.64. The SMILES string of the molecule is CCCCCNC1=C(C#N)CC(O)(C(=O)OC)c2c1oc1ccc(C)cc1c2=O. The van der Waals surface area contributed by atoms with Crippen LogP contribution in [-0.4, -0.2) is 24.7 Å². The van der Waals surface area contributed by atoms with E-state index in [1.54, 1.807) is 18.2 Å². The van der Waals surface area contributed by atoms with E-state index in [0.29, 0.717) is 17.8 Å². The first-order valence-corrected chi connectivity index (χ1v) is 9.63. The number of ether oxygens (including phenoxy) is 1. The number of hydrogen-bond acceptors (Lipinski definition) is 7. The van der Waals surface area contributed by atoms with Crippen LogP contribution in [0.15, 0.2) is 33.0 Å². The van der Waals surface area contributed by atoms with Gasteiger partial charge < -0.3 is 19.6 Å². The molecule has 1 aliphatic rings. The van der Waals surface area contributed by atoms with Crippen LogP contribution in [0.1, 0.15) is 49.5 Å². The van der Waals surface area contributed by atoms with Crippen LogP contribution in [0, 0.1) is 18.3 Å². The zero-order valence-corrected chi connectivity index (χ0v) is 16.8. The van der Waals surface area contributed by atoms with Crippen molar-refractivity contribution in [1.82, 2.24) is 5.32 Å². The lowest BCUT2D eigenvalue weighted by atomic mass is 9.79. The average molecular weight is 396 g/mol. The number of aryl methyl sites for hydroxylation is 1. The van der Waals surface area contributed by atoms with Gasteiger partial charge in [-0.05, 0) is 25.5 Å². The highest BCUT2D eigenvalue weighted by Crippen LogP contribution is 2.40. The molecule has 2 N–H and O–H groups in total. The van der Waals surface area contributed by atoms with Crippen molar-refractivity contribution in [3.8, 4) is 6.07 Å². The van der Waals surface area contributed by atoms with E-state index < -0.39 is 17.0 Å². The molecule has 7 heteroatoms. The third-order valence-electron chi connectivity index (χ3n) is 5.16. The van der Waals surface area contributed by atoms with Crippen LogP contribution in [0.2, 0.25) is 0 Å². The van der Waals surface area contributed by atoms with Crippen LogP contribution in [0.5, 0.6) is 0 Å². The number of nitriles is 1. The molecule has 0 radical (unpaired) electrons. The Labute approximate surface area is 168 Å². The molecule has 0 fully saturated rings. The lowest BCUT2D eigenvalue weighted by Gasteiger charge is -2.31. The second kappa shape index (κ2) is 8.10. The number of methoxy groups -OCH3 is 1. The maximum atomic E-state index is 13.3. The molecule has 1 atom stereocenters. The molecule has 152 valence electrons. The van der Waals surface area contributed by atoms with Gasteiger partial charge in [0.15, 0.2) is 16.8 Å². The van der Waals surface area contributed by atoms with E-state index in [-0.39, 0.29) is 28.7 Å². The highest BCUT2D eigenvalue weighted by Gasteiger charge is 2.49. The summed E-state index contributed by atoms with van der Waals surface area (Å²) in [6, 6.07) is 7.15. The van der Waals surface area contributed by atoms with Crippen LogP contribution >= 0.6 is 0 Å². The summed E-state index contributed by atoms with van der Waals surface area (Å²) < 4.78 is 10.7. The first-order chi connectivity index (χ1) is 13.9. The van der Waals surface area contributed by atoms with Crippen LogP contribution in [0.4, 0.5) is 0 Å². The first-order valence-electron chi connectivity index (χ1n) is 9.63. The predicted molar refractivity (Wildman–Crippen MR) is 108 cm³/mol. The zero-order chi connectivity index (χ0) is 21.2. The summed E-state index contributed by atoms with van der Waals surface area (Å²) in [6.45, 7) is 4.48. The van der Waals surface area contributed by atoms with Gasteiger partial charge in [0.05, 0.1) is 35.4 Å². The normalized spacial score (nSPS) is 18.3. The minimum absolute atomic E-state index is 0.0125. The highest BCUT2D eigenvalue weighted by atomic mass is 16.5. The molecule has 1 heterocycles. The van der Waals surface area contributed by atoms with Gasteiger partial charge in [0.1, 0.15) is 5.58 Å². The fraction of sp³-hybridized carbons (Fsp3) is 0.409. The van der Waals surface area contributed by atoms with Gasteiger partial charge in [-0.1, -0.05) is 31.4 Å². The van der Waals surface area contributed by atoms with E-state index in [1.165, 1.54) is 0 Å². The maximum Gasteiger partial charge on any atom is 0.343 e. The number of carbonyl (C=O) groups is 1. The first kappa shape index (κ1) is 20.6. The molecule has 1 unspecified atom stereocenters. The van der Waals surface area contributed by atoms with Crippen molar-refractivity contribution in [3.05, 3.63) is 50.9 Å². The molecule has 1 aliphatic carbocycles. The van der Waals surface area contributed by atoms with E-state index in [1.807, 2.05) is 13.0 Å². The van der Waals surface area contributed by atoms with Gasteiger partial charge in [-0.2, -0.15) is 5.26 Å². The molecule has 0 bridgehead atoms. The van der Waals surface area contributed by atoms with Crippen LogP contribution in [0.25, 0.3) is 16.7 Å². The number of unbranched alkanes of at least 4 members (excludes halogenated alkanes) is 2. The minimum Gasteiger partial charge on any atom is -0.467 e. The number of fused-ring (bicyclic) bond motifs is 2. The number of aliphatic hydroxyl groups is 1. The molecule has 0 spiro atoms. The molecule has 2 aromatic rings. The third-order valence-corrected chi connectivity index (χ3v) is 5.16. The third kappa shape index (κ3) is 3.52. The number of nitrogens with zero attached hydrogens (tertiary/aromatic N) is 1. The van der Waals surface area contributed by atoms with Crippen molar-refractivity contribution < 1.29 is 19.1 Å². The number of esters is 1. The van der Waals surface area contributed by atoms with Gasteiger partial charge in [-0.15, -0.1) is 0 Å². The summed E-state index contributed by atoms with van der Waals surface area (Å²) >= 11 is 0. The highest BCUT2D eigenvalue weighted by molar-refractivity contribution is 5.90. The summed E-state index contributed by atoms with van der Waals surface area (Å²) in [4.78, 5) is 25.8. The van der Waals surface area contributed by atoms with Crippen molar-refractivity contribution in [3.63, 3.8) is 0 Å². The number of benzene rings is 1. The molecule has 1 aromatic heterocycles. The number of rotatable bonds is 6. The molecule has 7 nitrogen and oxygen atoms in total. The van der Waals surface area contributed by atoms with E-state index in [0.717, 1.165) is 31.9 Å². The van der Waals surface area contributed by atoms with E-state index >= 15 is 0 Å². The van der Waals surface area contributed by atoms with Gasteiger partial charge in [-0.25, -0.2) is 4.79 Å². The predicted octanol–water partition coefficient (Wildman–Crippen LogP) is 2.88. The monoisotopic (exact) mass is 396 g/mol. The Kier molecular flexibility index (Phi) is 5.76. The maximum absolute atomic E-state index is 13.3. The second-order valence-electron chi connectivity index (χ2n) is 7.26. The molecule has 0 aliphatic heterocycles. The fourth-order valence-electron chi connectivity index (χ4n) is 3.64. The Balaban J connectivity index is 2.29. The zero-order valence-electron chi connectivity index (χ0n) is 16.8. The molecule has 0 amide bonds. The molecule has 1 aromatic carbocycles. The Morgan fingerprint density at radius 2 is 2.17 bits per heavy atom. The lowest BCUT2D eigenvalue weighted by Crippen LogP contribution is -2.45. The summed E-state index contributed by atoms with van der Waals surface area (Å²) in [7, 11) is 1.13. The average Bonchev–Trinajstić information content (AvgIpc) is 2.71. The molecule has 29 heavy (non-hydrogen) atoms. The lowest BCUT2D eigenvalue weighted by molar-refractivity contribution is -0.163.